The zero-order valence-electron chi connectivity index (χ0n) is 16.0. The number of aromatic nitrogens is 1. The van der Waals surface area contributed by atoms with E-state index in [0.717, 1.165) is 23.8 Å². The summed E-state index contributed by atoms with van der Waals surface area (Å²) in [5.41, 5.74) is 12.1. The van der Waals surface area contributed by atoms with Crippen molar-refractivity contribution in [2.24, 2.45) is 10.7 Å². The van der Waals surface area contributed by atoms with Crippen molar-refractivity contribution in [2.75, 3.05) is 12.3 Å². The summed E-state index contributed by atoms with van der Waals surface area (Å²) in [4.78, 5) is 27.7. The van der Waals surface area contributed by atoms with Crippen LogP contribution in [0.5, 0.6) is 0 Å². The van der Waals surface area contributed by atoms with Crippen molar-refractivity contribution in [3.63, 3.8) is 0 Å². The van der Waals surface area contributed by atoms with E-state index in [1.54, 1.807) is 6.92 Å². The van der Waals surface area contributed by atoms with Gasteiger partial charge in [0.05, 0.1) is 11.7 Å². The Morgan fingerprint density at radius 2 is 2.07 bits per heavy atom. The Morgan fingerprint density at radius 1 is 1.38 bits per heavy atom. The molecule has 0 aromatic carbocycles. The highest BCUT2D eigenvalue weighted by molar-refractivity contribution is 7.89. The topological polar surface area (TPSA) is 162 Å². The molecule has 6 N–H and O–H groups in total. The number of dihydropyridines is 1. The molecule has 2 aliphatic rings. The van der Waals surface area contributed by atoms with Crippen LogP contribution in [0.4, 0.5) is 5.69 Å². The SMILES string of the molecule is C=C1C(CNC=O)=C(n2ccc(S(=O)(=O)NC3CCC3)c(N)c2=O)C(N)=NC1C. The summed E-state index contributed by atoms with van der Waals surface area (Å²) < 4.78 is 28.9. The molecule has 0 spiro atoms. The first-order valence-corrected chi connectivity index (χ1v) is 10.6. The van der Waals surface area contributed by atoms with Crippen molar-refractivity contribution in [3.05, 3.63) is 40.3 Å². The number of carbonyl (C=O) groups is 1. The van der Waals surface area contributed by atoms with E-state index in [0.29, 0.717) is 17.6 Å². The third kappa shape index (κ3) is 3.83. The number of anilines is 1. The molecule has 156 valence electrons. The van der Waals surface area contributed by atoms with Gasteiger partial charge in [0, 0.05) is 24.4 Å². The third-order valence-electron chi connectivity index (χ3n) is 5.16. The normalized spacial score (nSPS) is 20.2. The van der Waals surface area contributed by atoms with Gasteiger partial charge >= 0.3 is 0 Å². The molecule has 1 aromatic heterocycles. The molecular formula is C18H24N6O4S. The average Bonchev–Trinajstić information content (AvgIpc) is 2.63. The molecule has 2 heterocycles. The summed E-state index contributed by atoms with van der Waals surface area (Å²) >= 11 is 0. The van der Waals surface area contributed by atoms with Crippen LogP contribution < -0.4 is 27.1 Å². The number of nitrogen functional groups attached to an aromatic ring is 1. The Labute approximate surface area is 168 Å². The fourth-order valence-corrected chi connectivity index (χ4v) is 4.69. The van der Waals surface area contributed by atoms with Gasteiger partial charge in [-0.15, -0.1) is 0 Å². The zero-order chi connectivity index (χ0) is 21.3. The number of nitrogens with zero attached hydrogens (tertiary/aromatic N) is 2. The van der Waals surface area contributed by atoms with Crippen LogP contribution in [0.25, 0.3) is 5.70 Å². The number of nitrogens with one attached hydrogen (secondary N) is 2. The highest BCUT2D eigenvalue weighted by Gasteiger charge is 2.29. The summed E-state index contributed by atoms with van der Waals surface area (Å²) in [6.07, 6.45) is 4.27. The van der Waals surface area contributed by atoms with Gasteiger partial charge in [0.2, 0.25) is 16.4 Å². The molecule has 29 heavy (non-hydrogen) atoms. The van der Waals surface area contributed by atoms with Gasteiger partial charge in [0.15, 0.2) is 0 Å². The number of sulfonamides is 1. The molecule has 0 radical (unpaired) electrons. The largest absolute Gasteiger partial charge is 0.393 e. The number of aliphatic imine (C=N–C) groups is 1. The van der Waals surface area contributed by atoms with E-state index in [9.17, 15) is 18.0 Å². The maximum atomic E-state index is 12.9. The molecule has 1 atom stereocenters. The minimum Gasteiger partial charge on any atom is -0.393 e. The van der Waals surface area contributed by atoms with Gasteiger partial charge in [-0.2, -0.15) is 0 Å². The Balaban J connectivity index is 2.10. The van der Waals surface area contributed by atoms with Crippen molar-refractivity contribution >= 4 is 33.7 Å². The second-order valence-electron chi connectivity index (χ2n) is 7.06. The van der Waals surface area contributed by atoms with Gasteiger partial charge in [0.1, 0.15) is 16.4 Å². The smallest absolute Gasteiger partial charge is 0.279 e. The lowest BCUT2D eigenvalue weighted by Crippen LogP contribution is -2.41. The number of pyridine rings is 1. The minimum atomic E-state index is -3.92. The second kappa shape index (κ2) is 7.84. The first kappa shape index (κ1) is 20.8. The molecule has 0 bridgehead atoms. The molecule has 1 saturated carbocycles. The van der Waals surface area contributed by atoms with Crippen molar-refractivity contribution in [3.8, 4) is 0 Å². The number of amides is 1. The molecule has 1 unspecified atom stereocenters. The van der Waals surface area contributed by atoms with Crippen LogP contribution in [0.3, 0.4) is 0 Å². The molecule has 1 fully saturated rings. The maximum Gasteiger partial charge on any atom is 0.279 e. The molecule has 0 saturated heterocycles. The summed E-state index contributed by atoms with van der Waals surface area (Å²) in [6.45, 7) is 5.83. The quantitative estimate of drug-likeness (QED) is 0.436. The van der Waals surface area contributed by atoms with E-state index in [1.165, 1.54) is 12.3 Å². The number of hydrogen-bond acceptors (Lipinski definition) is 7. The average molecular weight is 420 g/mol. The van der Waals surface area contributed by atoms with Gasteiger partial charge in [-0.05, 0) is 31.4 Å². The number of rotatable bonds is 7. The Bertz CT molecular complexity index is 1080. The van der Waals surface area contributed by atoms with Gasteiger partial charge < -0.3 is 16.8 Å². The second-order valence-corrected chi connectivity index (χ2v) is 8.74. The predicted molar refractivity (Wildman–Crippen MR) is 111 cm³/mol. The monoisotopic (exact) mass is 420 g/mol. The molecule has 11 heteroatoms. The Kier molecular flexibility index (Phi) is 5.62. The summed E-state index contributed by atoms with van der Waals surface area (Å²) in [7, 11) is -3.92. The predicted octanol–water partition coefficient (Wildman–Crippen LogP) is -0.466. The number of amidine groups is 1. The third-order valence-corrected chi connectivity index (χ3v) is 6.74. The number of hydrogen-bond donors (Lipinski definition) is 4. The van der Waals surface area contributed by atoms with Gasteiger partial charge in [-0.3, -0.25) is 19.1 Å². The van der Waals surface area contributed by atoms with E-state index in [1.807, 2.05) is 0 Å². The van der Waals surface area contributed by atoms with Crippen molar-refractivity contribution in [1.29, 1.82) is 0 Å². The van der Waals surface area contributed by atoms with Crippen LogP contribution >= 0.6 is 0 Å². The van der Waals surface area contributed by atoms with E-state index in [4.69, 9.17) is 11.5 Å². The minimum absolute atomic E-state index is 0.0669. The molecule has 3 rings (SSSR count). The van der Waals surface area contributed by atoms with E-state index >= 15 is 0 Å². The first-order chi connectivity index (χ1) is 13.7. The molecular weight excluding hydrogens is 396 g/mol. The Hall–Kier alpha value is -2.92. The van der Waals surface area contributed by atoms with E-state index in [2.05, 4.69) is 21.6 Å². The van der Waals surface area contributed by atoms with Crippen LogP contribution in [0, 0.1) is 0 Å². The molecule has 1 aromatic rings. The van der Waals surface area contributed by atoms with Crippen LogP contribution in [0.2, 0.25) is 0 Å². The van der Waals surface area contributed by atoms with Crippen molar-refractivity contribution in [1.82, 2.24) is 14.6 Å². The van der Waals surface area contributed by atoms with Gasteiger partial charge in [-0.1, -0.05) is 13.0 Å². The summed E-state index contributed by atoms with van der Waals surface area (Å²) in [6, 6.07) is 0.780. The molecule has 10 nitrogen and oxygen atoms in total. The van der Waals surface area contributed by atoms with Crippen LogP contribution in [0.15, 0.2) is 44.7 Å². The lowest BCUT2D eigenvalue weighted by molar-refractivity contribution is -0.109. The molecule has 1 amide bonds. The fourth-order valence-electron chi connectivity index (χ4n) is 3.27. The summed E-state index contributed by atoms with van der Waals surface area (Å²) in [5.74, 6) is 0.0669. The lowest BCUT2D eigenvalue weighted by atomic mass is 9.94. The molecule has 1 aliphatic carbocycles. The number of nitrogens with two attached hydrogens (primary N) is 2. The standard InChI is InChI=1S/C18H24N6O4S/c1-10-11(2)22-17(20)16(13(10)8-21-9-25)24-7-6-14(15(19)18(24)26)29(27,28)23-12-4-3-5-12/h6-7,9,11-12,23H,1,3-5,8,19H2,2H3,(H2,20,22)(H,21,25). The lowest BCUT2D eigenvalue weighted by Gasteiger charge is -2.27. The van der Waals surface area contributed by atoms with E-state index < -0.39 is 21.3 Å². The van der Waals surface area contributed by atoms with Gasteiger partial charge in [0.25, 0.3) is 5.56 Å². The van der Waals surface area contributed by atoms with Crippen molar-refractivity contribution < 1.29 is 13.2 Å². The van der Waals surface area contributed by atoms with Crippen LogP contribution in [-0.2, 0) is 14.8 Å². The zero-order valence-corrected chi connectivity index (χ0v) is 16.8. The van der Waals surface area contributed by atoms with E-state index in [-0.39, 0.29) is 35.1 Å². The Morgan fingerprint density at radius 3 is 2.66 bits per heavy atom. The molecule has 1 aliphatic heterocycles. The highest BCUT2D eigenvalue weighted by atomic mass is 32.2. The summed E-state index contributed by atoms with van der Waals surface area (Å²) in [5, 5.41) is 2.53. The van der Waals surface area contributed by atoms with Gasteiger partial charge in [-0.25, -0.2) is 13.1 Å². The first-order valence-electron chi connectivity index (χ1n) is 9.14. The van der Waals surface area contributed by atoms with Crippen LogP contribution in [-0.4, -0.2) is 43.9 Å². The van der Waals surface area contributed by atoms with Crippen LogP contribution in [0.1, 0.15) is 26.2 Å². The highest BCUT2D eigenvalue weighted by Crippen LogP contribution is 2.27. The van der Waals surface area contributed by atoms with Crippen molar-refractivity contribution in [2.45, 2.75) is 43.2 Å². The maximum absolute atomic E-state index is 12.9. The fraction of sp³-hybridized carbons (Fsp3) is 0.389. The number of carbonyl (C=O) groups excluding carboxylic acids is 1.